The normalized spacial score (nSPS) is 12.4. The molecule has 0 aromatic rings. The number of hydrogen-bond donors (Lipinski definition) is 0. The molecule has 0 bridgehead atoms. The highest BCUT2D eigenvalue weighted by Gasteiger charge is 2.55. The number of alkyl halides is 9. The van der Waals surface area contributed by atoms with Crippen molar-refractivity contribution in [2.45, 2.75) is 18.5 Å². The summed E-state index contributed by atoms with van der Waals surface area (Å²) in [5, 5.41) is 0. The molecule has 0 amide bonds. The first-order valence-electron chi connectivity index (χ1n) is 3.47. The van der Waals surface area contributed by atoms with Gasteiger partial charge < -0.3 is 0 Å². The van der Waals surface area contributed by atoms with Crippen molar-refractivity contribution in [3.8, 4) is 0 Å². The van der Waals surface area contributed by atoms with E-state index in [1.807, 2.05) is 0 Å². The summed E-state index contributed by atoms with van der Waals surface area (Å²) >= 11 is 0. The third kappa shape index (κ3) is 8.31. The van der Waals surface area contributed by atoms with E-state index in [1.54, 1.807) is 0 Å². The first kappa shape index (κ1) is 19.9. The number of hydrogen-bond acceptors (Lipinski definition) is 1. The van der Waals surface area contributed by atoms with Gasteiger partial charge in [-0.25, -0.2) is 0 Å². The van der Waals surface area contributed by atoms with Gasteiger partial charge in [0.15, 0.2) is 0 Å². The summed E-state index contributed by atoms with van der Waals surface area (Å²) in [5.74, 6) is -7.01. The summed E-state index contributed by atoms with van der Waals surface area (Å²) in [6, 6.07) is 0. The molecule has 0 saturated heterocycles. The van der Waals surface area contributed by atoms with Crippen molar-refractivity contribution in [3.63, 3.8) is 0 Å². The highest BCUT2D eigenvalue weighted by Crippen LogP contribution is 2.30. The van der Waals surface area contributed by atoms with Gasteiger partial charge in [0, 0.05) is 0 Å². The fourth-order valence-corrected chi connectivity index (χ4v) is 0.268. The molecule has 0 N–H and O–H groups in total. The van der Waals surface area contributed by atoms with E-state index in [-0.39, 0.29) is 0 Å². The van der Waals surface area contributed by atoms with Crippen LogP contribution in [0, 0.1) is 0 Å². The lowest BCUT2D eigenvalue weighted by molar-refractivity contribution is -0.217. The molecule has 0 saturated carbocycles. The van der Waals surface area contributed by atoms with E-state index in [0.29, 0.717) is 0 Å². The van der Waals surface area contributed by atoms with Crippen LogP contribution >= 0.6 is 0 Å². The van der Waals surface area contributed by atoms with Crippen LogP contribution in [0.25, 0.3) is 0 Å². The minimum atomic E-state index is -5.82. The smallest absolute Gasteiger partial charge is 0.279 e. The summed E-state index contributed by atoms with van der Waals surface area (Å²) < 4.78 is 130. The Hall–Kier alpha value is -1.43. The predicted octanol–water partition coefficient (Wildman–Crippen LogP) is 4.31. The second-order valence-electron chi connectivity index (χ2n) is 2.40. The first-order valence-corrected chi connectivity index (χ1v) is 3.47. The van der Waals surface area contributed by atoms with Gasteiger partial charge in [0.25, 0.3) is 5.83 Å². The zero-order valence-corrected chi connectivity index (χ0v) is 7.94. The van der Waals surface area contributed by atoms with Gasteiger partial charge in [0.2, 0.25) is 0 Å². The molecular formula is C6F12O. The van der Waals surface area contributed by atoms with Crippen LogP contribution in [-0.4, -0.2) is 24.3 Å². The highest BCUT2D eigenvalue weighted by atomic mass is 19.4. The summed E-state index contributed by atoms with van der Waals surface area (Å²) in [6.45, 7) is 0. The van der Waals surface area contributed by atoms with Gasteiger partial charge in [-0.05, 0) is 0 Å². The quantitative estimate of drug-likeness (QED) is 0.609. The van der Waals surface area contributed by atoms with Crippen LogP contribution < -0.4 is 0 Å². The Bertz CT molecular complexity index is 321. The topological polar surface area (TPSA) is 17.1 Å². The van der Waals surface area contributed by atoms with Crippen LogP contribution in [0.5, 0.6) is 0 Å². The van der Waals surface area contributed by atoms with E-state index in [4.69, 9.17) is 0 Å². The Morgan fingerprint density at radius 3 is 0.842 bits per heavy atom. The van der Waals surface area contributed by atoms with E-state index in [9.17, 15) is 57.5 Å². The van der Waals surface area contributed by atoms with E-state index < -0.39 is 36.2 Å². The lowest BCUT2D eigenvalue weighted by Crippen LogP contribution is -2.36. The number of ketones is 1. The van der Waals surface area contributed by atoms with Crippen molar-refractivity contribution >= 4 is 5.78 Å². The molecular weight excluding hydrogens is 316 g/mol. The van der Waals surface area contributed by atoms with Crippen LogP contribution in [0.4, 0.5) is 52.7 Å². The van der Waals surface area contributed by atoms with Crippen molar-refractivity contribution in [2.75, 3.05) is 0 Å². The third-order valence-electron chi connectivity index (χ3n) is 0.930. The van der Waals surface area contributed by atoms with Gasteiger partial charge in [-0.15, -0.1) is 0 Å². The Balaban J connectivity index is 0. The molecule has 19 heavy (non-hydrogen) atoms. The van der Waals surface area contributed by atoms with Gasteiger partial charge in [-0.3, -0.25) is 4.79 Å². The number of rotatable bonds is 0. The van der Waals surface area contributed by atoms with E-state index in [2.05, 4.69) is 0 Å². The SMILES string of the molecule is FC(F)=C(F)C(F)(F)F.O=C(C(F)(F)F)C(F)(F)F. The van der Waals surface area contributed by atoms with Gasteiger partial charge in [0.1, 0.15) is 0 Å². The van der Waals surface area contributed by atoms with Crippen LogP contribution in [-0.2, 0) is 4.79 Å². The average molecular weight is 316 g/mol. The van der Waals surface area contributed by atoms with E-state index in [0.717, 1.165) is 0 Å². The summed E-state index contributed by atoms with van der Waals surface area (Å²) in [7, 11) is 0. The molecule has 0 spiro atoms. The molecule has 0 heterocycles. The molecule has 0 aliphatic carbocycles. The van der Waals surface area contributed by atoms with Gasteiger partial charge in [-0.1, -0.05) is 0 Å². The molecule has 0 unspecified atom stereocenters. The highest BCUT2D eigenvalue weighted by molar-refractivity contribution is 5.89. The second-order valence-corrected chi connectivity index (χ2v) is 2.40. The van der Waals surface area contributed by atoms with Crippen LogP contribution in [0.3, 0.4) is 0 Å². The molecule has 0 fully saturated rings. The average Bonchev–Trinajstić information content (AvgIpc) is 2.12. The summed E-state index contributed by atoms with van der Waals surface area (Å²) in [6.07, 6.45) is -20.5. The molecule has 0 aromatic carbocycles. The summed E-state index contributed by atoms with van der Waals surface area (Å²) in [5.41, 5.74) is 0. The zero-order valence-electron chi connectivity index (χ0n) is 7.94. The zero-order chi connectivity index (χ0) is 16.2. The van der Waals surface area contributed by atoms with Crippen LogP contribution in [0.2, 0.25) is 0 Å². The van der Waals surface area contributed by atoms with Gasteiger partial charge in [-0.2, -0.15) is 52.7 Å². The largest absolute Gasteiger partial charge is 0.459 e. The molecule has 0 aliphatic heterocycles. The molecule has 1 nitrogen and oxygen atoms in total. The number of carbonyl (C=O) groups is 1. The van der Waals surface area contributed by atoms with Crippen molar-refractivity contribution in [3.05, 3.63) is 11.9 Å². The van der Waals surface area contributed by atoms with E-state index in [1.165, 1.54) is 0 Å². The molecule has 13 heteroatoms. The number of allylic oxidation sites excluding steroid dienone is 1. The maximum Gasteiger partial charge on any atom is 0.459 e. The monoisotopic (exact) mass is 316 g/mol. The molecule has 0 aliphatic rings. The molecule has 0 atom stereocenters. The molecule has 114 valence electrons. The fourth-order valence-electron chi connectivity index (χ4n) is 0.268. The Labute approximate surface area is 95.0 Å². The molecule has 0 rings (SSSR count). The predicted molar refractivity (Wildman–Crippen MR) is 33.5 cm³/mol. The third-order valence-corrected chi connectivity index (χ3v) is 0.930. The minimum absolute atomic E-state index is 3.33. The maximum atomic E-state index is 11.0. The number of halogens is 12. The summed E-state index contributed by atoms with van der Waals surface area (Å²) in [4.78, 5) is 9.24. The standard InChI is InChI=1S/C3F6O.C3F6/c4-2(5,6)1(10)3(7,8)9;4-1(2(5)6)3(7,8)9. The van der Waals surface area contributed by atoms with Crippen LogP contribution in [0.15, 0.2) is 11.9 Å². The maximum absolute atomic E-state index is 11.0. The van der Waals surface area contributed by atoms with Crippen LogP contribution in [0.1, 0.15) is 0 Å². The lowest BCUT2D eigenvalue weighted by atomic mass is 10.4. The van der Waals surface area contributed by atoms with Crippen molar-refractivity contribution in [1.82, 2.24) is 0 Å². The van der Waals surface area contributed by atoms with Gasteiger partial charge >= 0.3 is 30.4 Å². The fraction of sp³-hybridized carbons (Fsp3) is 0.500. The Morgan fingerprint density at radius 2 is 0.842 bits per heavy atom. The number of Topliss-reactive ketones (excluding diaryl/α,β-unsaturated/α-hetero) is 1. The Morgan fingerprint density at radius 1 is 0.579 bits per heavy atom. The Kier molecular flexibility index (Phi) is 6.43. The van der Waals surface area contributed by atoms with Crippen molar-refractivity contribution < 1.29 is 57.5 Å². The van der Waals surface area contributed by atoms with E-state index >= 15 is 0 Å². The lowest BCUT2D eigenvalue weighted by Gasteiger charge is -2.06. The molecule has 0 aromatic heterocycles. The molecule has 0 radical (unpaired) electrons. The minimum Gasteiger partial charge on any atom is -0.279 e. The van der Waals surface area contributed by atoms with Crippen molar-refractivity contribution in [1.29, 1.82) is 0 Å². The van der Waals surface area contributed by atoms with Crippen molar-refractivity contribution in [2.24, 2.45) is 0 Å². The first-order chi connectivity index (χ1) is 8.01. The second kappa shape index (κ2) is 6.14. The number of carbonyl (C=O) groups excluding carboxylic acids is 1. The van der Waals surface area contributed by atoms with Gasteiger partial charge in [0.05, 0.1) is 0 Å².